The number of fused-ring (bicyclic) bond motifs is 10. The minimum atomic E-state index is -0.492. The zero-order valence-corrected chi connectivity index (χ0v) is 27.0. The topological polar surface area (TPSA) is 14.8 Å². The van der Waals surface area contributed by atoms with Gasteiger partial charge in [0.05, 0.1) is 46.8 Å². The zero-order valence-electron chi connectivity index (χ0n) is 37.0. The van der Waals surface area contributed by atoms with Crippen LogP contribution in [0.3, 0.4) is 0 Å². The summed E-state index contributed by atoms with van der Waals surface area (Å²) >= 11 is 0. The van der Waals surface area contributed by atoms with Gasteiger partial charge in [0.2, 0.25) is 0 Å². The molecule has 0 spiro atoms. The predicted octanol–water partition coefficient (Wildman–Crippen LogP) is 12.6. The van der Waals surface area contributed by atoms with Crippen molar-refractivity contribution in [1.29, 1.82) is 0 Å². The number of rotatable bonds is 4. The van der Waals surface area contributed by atoms with E-state index in [9.17, 15) is 8.22 Å². The van der Waals surface area contributed by atoms with Crippen molar-refractivity contribution in [1.82, 2.24) is 13.7 Å². The SMILES string of the molecule is [2H]c1c([2H])c([2H])c2c(c1[2H])c1c3c4c([2H])c([2H])c([2H])c([2H])c4n(-c4ccc5c(c4)c4ccccc4n5-c4ccccc4)c3c([2H])c([2H])c1n2-c1cccc(-c2ccccc2)c1. The highest BCUT2D eigenvalue weighted by atomic mass is 15.0. The summed E-state index contributed by atoms with van der Waals surface area (Å²) in [6, 6.07) is 36.9. The normalized spacial score (nSPS) is 14.7. The van der Waals surface area contributed by atoms with Crippen LogP contribution in [0.1, 0.15) is 13.7 Å². The van der Waals surface area contributed by atoms with Crippen molar-refractivity contribution in [3.05, 3.63) is 188 Å². The molecule has 0 atom stereocenters. The van der Waals surface area contributed by atoms with Gasteiger partial charge >= 0.3 is 0 Å². The number of hydrogen-bond donors (Lipinski definition) is 0. The summed E-state index contributed by atoms with van der Waals surface area (Å²) < 4.78 is 97.9. The van der Waals surface area contributed by atoms with E-state index < -0.39 is 24.2 Å². The molecule has 0 aliphatic heterocycles. The summed E-state index contributed by atoms with van der Waals surface area (Å²) in [5.41, 5.74) is 5.93. The molecule has 51 heavy (non-hydrogen) atoms. The van der Waals surface area contributed by atoms with Gasteiger partial charge < -0.3 is 13.7 Å². The van der Waals surface area contributed by atoms with Crippen LogP contribution in [0.25, 0.3) is 93.6 Å². The molecular formula is C48H31N3. The Bertz CT molecular complexity index is 3700. The largest absolute Gasteiger partial charge is 0.309 e. The third-order valence-corrected chi connectivity index (χ3v) is 9.89. The average molecular weight is 660 g/mol. The monoisotopic (exact) mass is 659 g/mol. The Hall–Kier alpha value is -6.84. The lowest BCUT2D eigenvalue weighted by atomic mass is 10.0. The molecule has 3 heteroatoms. The van der Waals surface area contributed by atoms with Crippen molar-refractivity contribution >= 4 is 65.4 Å². The minimum absolute atomic E-state index is 0.0795. The fraction of sp³-hybridized carbons (Fsp3) is 0. The first-order valence-corrected chi connectivity index (χ1v) is 16.7. The van der Waals surface area contributed by atoms with Crippen molar-refractivity contribution in [3.8, 4) is 28.2 Å². The van der Waals surface area contributed by atoms with E-state index in [1.165, 1.54) is 0 Å². The van der Waals surface area contributed by atoms with Crippen molar-refractivity contribution in [3.63, 3.8) is 0 Å². The van der Waals surface area contributed by atoms with Crippen LogP contribution in [0.4, 0.5) is 0 Å². The fourth-order valence-electron chi connectivity index (χ4n) is 7.76. The third-order valence-electron chi connectivity index (χ3n) is 9.89. The Balaban J connectivity index is 1.35. The van der Waals surface area contributed by atoms with Crippen molar-refractivity contribution in [2.75, 3.05) is 0 Å². The number of nitrogens with zero attached hydrogens (tertiary/aromatic N) is 3. The van der Waals surface area contributed by atoms with Crippen LogP contribution >= 0.6 is 0 Å². The van der Waals surface area contributed by atoms with Gasteiger partial charge in [0.25, 0.3) is 0 Å². The van der Waals surface area contributed by atoms with Crippen LogP contribution in [0, 0.1) is 0 Å². The Morgan fingerprint density at radius 2 is 0.843 bits per heavy atom. The first-order valence-electron chi connectivity index (χ1n) is 21.7. The van der Waals surface area contributed by atoms with E-state index in [4.69, 9.17) is 5.48 Å². The molecule has 3 aromatic heterocycles. The number of para-hydroxylation sites is 4. The van der Waals surface area contributed by atoms with Gasteiger partial charge in [-0.15, -0.1) is 0 Å². The van der Waals surface area contributed by atoms with Gasteiger partial charge in [-0.3, -0.25) is 0 Å². The zero-order chi connectivity index (χ0) is 42.2. The quantitative estimate of drug-likeness (QED) is 0.179. The second kappa shape index (κ2) is 10.8. The first kappa shape index (κ1) is 20.0. The van der Waals surface area contributed by atoms with Crippen LogP contribution in [0.15, 0.2) is 188 Å². The molecule has 0 unspecified atom stereocenters. The molecule has 8 aromatic carbocycles. The smallest absolute Gasteiger partial charge is 0.0646 e. The predicted molar refractivity (Wildman–Crippen MR) is 215 cm³/mol. The van der Waals surface area contributed by atoms with E-state index in [0.29, 0.717) is 11.4 Å². The number of aromatic nitrogens is 3. The van der Waals surface area contributed by atoms with Crippen LogP contribution < -0.4 is 0 Å². The number of benzene rings is 8. The molecular weight excluding hydrogens is 619 g/mol. The lowest BCUT2D eigenvalue weighted by Crippen LogP contribution is -1.96. The first-order chi connectivity index (χ1) is 29.5. The molecule has 238 valence electrons. The molecule has 3 nitrogen and oxygen atoms in total. The lowest BCUT2D eigenvalue weighted by molar-refractivity contribution is 1.16. The maximum atomic E-state index is 9.84. The van der Waals surface area contributed by atoms with E-state index in [-0.39, 0.29) is 79.9 Å². The summed E-state index contributed by atoms with van der Waals surface area (Å²) in [5.74, 6) is 0. The van der Waals surface area contributed by atoms with Crippen molar-refractivity contribution < 1.29 is 13.7 Å². The highest BCUT2D eigenvalue weighted by molar-refractivity contribution is 6.29. The van der Waals surface area contributed by atoms with E-state index in [1.807, 2.05) is 121 Å². The van der Waals surface area contributed by atoms with Gasteiger partial charge in [-0.05, 0) is 83.8 Å². The van der Waals surface area contributed by atoms with Gasteiger partial charge in [0.15, 0.2) is 0 Å². The molecule has 0 radical (unpaired) electrons. The molecule has 0 bridgehead atoms. The third kappa shape index (κ3) is 4.06. The Kier molecular flexibility index (Phi) is 4.24. The maximum absolute atomic E-state index is 9.84. The summed E-state index contributed by atoms with van der Waals surface area (Å²) in [6.45, 7) is 0. The Labute approximate surface area is 308 Å². The lowest BCUT2D eigenvalue weighted by Gasteiger charge is -2.11. The van der Waals surface area contributed by atoms with E-state index in [1.54, 1.807) is 15.2 Å². The maximum Gasteiger partial charge on any atom is 0.0646 e. The van der Waals surface area contributed by atoms with E-state index >= 15 is 0 Å². The fourth-order valence-corrected chi connectivity index (χ4v) is 7.76. The highest BCUT2D eigenvalue weighted by Crippen LogP contribution is 2.43. The van der Waals surface area contributed by atoms with Crippen LogP contribution in [-0.2, 0) is 0 Å². The molecule has 0 fully saturated rings. The van der Waals surface area contributed by atoms with Gasteiger partial charge in [0, 0.05) is 49.4 Å². The van der Waals surface area contributed by atoms with Crippen LogP contribution in [0.5, 0.6) is 0 Å². The van der Waals surface area contributed by atoms with Crippen molar-refractivity contribution in [2.24, 2.45) is 0 Å². The molecule has 0 N–H and O–H groups in total. The van der Waals surface area contributed by atoms with Crippen molar-refractivity contribution in [2.45, 2.75) is 0 Å². The van der Waals surface area contributed by atoms with Gasteiger partial charge in [-0.25, -0.2) is 0 Å². The van der Waals surface area contributed by atoms with Gasteiger partial charge in [-0.2, -0.15) is 0 Å². The molecule has 3 heterocycles. The molecule has 11 aromatic rings. The highest BCUT2D eigenvalue weighted by Gasteiger charge is 2.21. The van der Waals surface area contributed by atoms with Crippen LogP contribution in [0.2, 0.25) is 0 Å². The molecule has 0 aliphatic rings. The van der Waals surface area contributed by atoms with E-state index in [2.05, 4.69) is 4.57 Å². The summed E-state index contributed by atoms with van der Waals surface area (Å²) in [6.07, 6.45) is 0. The Morgan fingerprint density at radius 3 is 1.55 bits per heavy atom. The van der Waals surface area contributed by atoms with Gasteiger partial charge in [-0.1, -0.05) is 115 Å². The average Bonchev–Trinajstić information content (AvgIpc) is 3.95. The Morgan fingerprint density at radius 1 is 0.314 bits per heavy atom. The van der Waals surface area contributed by atoms with E-state index in [0.717, 1.165) is 38.6 Å². The van der Waals surface area contributed by atoms with Crippen LogP contribution in [-0.4, -0.2) is 13.7 Å². The molecule has 0 amide bonds. The molecule has 0 saturated carbocycles. The number of hydrogen-bond acceptors (Lipinski definition) is 0. The summed E-state index contributed by atoms with van der Waals surface area (Å²) in [5, 5.41) is 2.34. The summed E-state index contributed by atoms with van der Waals surface area (Å²) in [4.78, 5) is 0. The second-order valence-electron chi connectivity index (χ2n) is 12.6. The molecule has 0 aliphatic carbocycles. The van der Waals surface area contributed by atoms with Gasteiger partial charge in [0.1, 0.15) is 0 Å². The second-order valence-corrected chi connectivity index (χ2v) is 12.6. The molecule has 11 rings (SSSR count). The minimum Gasteiger partial charge on any atom is -0.309 e. The molecule has 0 saturated heterocycles. The summed E-state index contributed by atoms with van der Waals surface area (Å²) in [7, 11) is 0. The standard InChI is InChI=1S/C48H31N3/c1-3-14-32(15-4-1)33-16-13-19-35(30-33)50-42-24-11-8-21-38(42)47-45(50)28-29-46-48(47)39-22-9-12-25-43(39)51(46)36-26-27-44-40(31-36)37-20-7-10-23-41(37)49(44)34-17-5-2-6-18-34/h1-31H/i8D,9D,11D,12D,21D,22D,24D,25D,28D,29D.